The van der Waals surface area contributed by atoms with Crippen LogP contribution in [0.1, 0.15) is 38.7 Å². The minimum absolute atomic E-state index is 0.0727. The van der Waals surface area contributed by atoms with Gasteiger partial charge in [0, 0.05) is 32.7 Å². The van der Waals surface area contributed by atoms with Gasteiger partial charge in [0.2, 0.25) is 17.7 Å². The first-order chi connectivity index (χ1) is 16.0. The van der Waals surface area contributed by atoms with Gasteiger partial charge >= 0.3 is 0 Å². The average molecular weight is 450 g/mol. The van der Waals surface area contributed by atoms with Gasteiger partial charge in [0.05, 0.1) is 11.8 Å². The van der Waals surface area contributed by atoms with E-state index in [0.717, 1.165) is 19.6 Å². The van der Waals surface area contributed by atoms with Gasteiger partial charge in [-0.1, -0.05) is 68.5 Å². The molecule has 3 unspecified atom stereocenters. The number of carbonyl (C=O) groups excluding carboxylic acids is 3. The summed E-state index contributed by atoms with van der Waals surface area (Å²) in [7, 11) is 0. The Morgan fingerprint density at radius 1 is 0.970 bits per heavy atom. The van der Waals surface area contributed by atoms with E-state index in [1.54, 1.807) is 0 Å². The van der Waals surface area contributed by atoms with E-state index in [1.165, 1.54) is 10.5 Å². The SMILES string of the molecule is CC(C)CC(C(=O)N1CCN(CC=Cc2ccccc2)CC1)N1C(=O)C2CC=CCC2C1=O. The Hall–Kier alpha value is -2.73. The van der Waals surface area contributed by atoms with Crippen molar-refractivity contribution in [2.24, 2.45) is 17.8 Å². The summed E-state index contributed by atoms with van der Waals surface area (Å²) in [4.78, 5) is 45.3. The van der Waals surface area contributed by atoms with Crippen LogP contribution < -0.4 is 0 Å². The van der Waals surface area contributed by atoms with Crippen LogP contribution in [-0.4, -0.2) is 71.2 Å². The van der Waals surface area contributed by atoms with E-state index in [9.17, 15) is 14.4 Å². The lowest BCUT2D eigenvalue weighted by Crippen LogP contribution is -2.56. The number of rotatable bonds is 7. The van der Waals surface area contributed by atoms with Crippen molar-refractivity contribution in [3.8, 4) is 0 Å². The van der Waals surface area contributed by atoms with E-state index in [4.69, 9.17) is 0 Å². The quantitative estimate of drug-likeness (QED) is 0.474. The molecule has 2 heterocycles. The smallest absolute Gasteiger partial charge is 0.245 e. The molecule has 33 heavy (non-hydrogen) atoms. The van der Waals surface area contributed by atoms with E-state index in [1.807, 2.05) is 49.1 Å². The Morgan fingerprint density at radius 2 is 1.58 bits per heavy atom. The number of allylic oxidation sites excluding steroid dienone is 2. The zero-order valence-corrected chi connectivity index (χ0v) is 19.7. The van der Waals surface area contributed by atoms with Crippen molar-refractivity contribution in [2.75, 3.05) is 32.7 Å². The highest BCUT2D eigenvalue weighted by Gasteiger charge is 2.51. The molecular weight excluding hydrogens is 414 g/mol. The van der Waals surface area contributed by atoms with Crippen molar-refractivity contribution < 1.29 is 14.4 Å². The Morgan fingerprint density at radius 3 is 2.15 bits per heavy atom. The van der Waals surface area contributed by atoms with Crippen LogP contribution in [0.5, 0.6) is 0 Å². The first-order valence-corrected chi connectivity index (χ1v) is 12.2. The normalized spacial score (nSPS) is 24.7. The number of fused-ring (bicyclic) bond motifs is 1. The van der Waals surface area contributed by atoms with E-state index in [0.29, 0.717) is 32.4 Å². The standard InChI is InChI=1S/C27H35N3O3/c1-20(2)19-24(30-25(31)22-12-6-7-13-23(22)26(30)32)27(33)29-17-15-28(16-18-29)14-8-11-21-9-4-3-5-10-21/h3-11,20,22-24H,12-19H2,1-2H3. The second-order valence-electron chi connectivity index (χ2n) is 9.79. The molecule has 0 spiro atoms. The third-order valence-electron chi connectivity index (χ3n) is 6.99. The molecule has 4 rings (SSSR count). The van der Waals surface area contributed by atoms with E-state index >= 15 is 0 Å². The van der Waals surface area contributed by atoms with Crippen LogP contribution >= 0.6 is 0 Å². The van der Waals surface area contributed by atoms with E-state index in [2.05, 4.69) is 29.2 Å². The van der Waals surface area contributed by atoms with Gasteiger partial charge < -0.3 is 4.90 Å². The molecular formula is C27H35N3O3. The molecule has 0 N–H and O–H groups in total. The summed E-state index contributed by atoms with van der Waals surface area (Å²) in [5.74, 6) is -0.756. The molecule has 176 valence electrons. The molecule has 6 heteroatoms. The van der Waals surface area contributed by atoms with E-state index in [-0.39, 0.29) is 35.5 Å². The van der Waals surface area contributed by atoms with Crippen LogP contribution in [0.15, 0.2) is 48.6 Å². The lowest BCUT2D eigenvalue weighted by molar-refractivity contribution is -0.153. The molecule has 1 aliphatic carbocycles. The largest absolute Gasteiger partial charge is 0.338 e. The number of nitrogens with zero attached hydrogens (tertiary/aromatic N) is 3. The van der Waals surface area contributed by atoms with Gasteiger partial charge in [0.15, 0.2) is 0 Å². The summed E-state index contributed by atoms with van der Waals surface area (Å²) in [6.45, 7) is 7.74. The fourth-order valence-corrected chi connectivity index (χ4v) is 5.16. The molecule has 3 aliphatic rings. The highest BCUT2D eigenvalue weighted by molar-refractivity contribution is 6.08. The van der Waals surface area contributed by atoms with Crippen molar-refractivity contribution in [2.45, 2.75) is 39.2 Å². The van der Waals surface area contributed by atoms with Crippen LogP contribution in [0.25, 0.3) is 6.08 Å². The zero-order valence-electron chi connectivity index (χ0n) is 19.7. The number of likely N-dealkylation sites (tertiary alicyclic amines) is 1. The highest BCUT2D eigenvalue weighted by Crippen LogP contribution is 2.37. The first-order valence-electron chi connectivity index (χ1n) is 12.2. The van der Waals surface area contributed by atoms with Gasteiger partial charge in [-0.15, -0.1) is 0 Å². The highest BCUT2D eigenvalue weighted by atomic mass is 16.2. The summed E-state index contributed by atoms with van der Waals surface area (Å²) in [5.41, 5.74) is 1.18. The molecule has 3 amide bonds. The summed E-state index contributed by atoms with van der Waals surface area (Å²) in [6.07, 6.45) is 9.97. The van der Waals surface area contributed by atoms with Gasteiger partial charge in [-0.05, 0) is 30.7 Å². The van der Waals surface area contributed by atoms with Crippen molar-refractivity contribution in [1.82, 2.24) is 14.7 Å². The molecule has 0 aromatic heterocycles. The third kappa shape index (κ3) is 5.27. The number of piperazine rings is 1. The molecule has 1 aromatic rings. The number of hydrogen-bond donors (Lipinski definition) is 0. The van der Waals surface area contributed by atoms with Crippen molar-refractivity contribution >= 4 is 23.8 Å². The zero-order chi connectivity index (χ0) is 23.4. The number of carbonyl (C=O) groups is 3. The average Bonchev–Trinajstić information content (AvgIpc) is 3.08. The second-order valence-corrected chi connectivity index (χ2v) is 9.79. The first kappa shape index (κ1) is 23.4. The maximum atomic E-state index is 13.6. The second kappa shape index (κ2) is 10.5. The molecule has 2 saturated heterocycles. The van der Waals surface area contributed by atoms with Crippen LogP contribution in [-0.2, 0) is 14.4 Å². The lowest BCUT2D eigenvalue weighted by Gasteiger charge is -2.38. The Kier molecular flexibility index (Phi) is 7.43. The Balaban J connectivity index is 1.37. The minimum atomic E-state index is -0.680. The lowest BCUT2D eigenvalue weighted by atomic mass is 9.85. The topological polar surface area (TPSA) is 60.9 Å². The predicted octanol–water partition coefficient (Wildman–Crippen LogP) is 3.21. The minimum Gasteiger partial charge on any atom is -0.338 e. The summed E-state index contributed by atoms with van der Waals surface area (Å²) >= 11 is 0. The fraction of sp³-hybridized carbons (Fsp3) is 0.519. The summed E-state index contributed by atoms with van der Waals surface area (Å²) in [5, 5.41) is 0. The maximum absolute atomic E-state index is 13.6. The van der Waals surface area contributed by atoms with Crippen LogP contribution in [0.4, 0.5) is 0 Å². The monoisotopic (exact) mass is 449 g/mol. The Bertz CT molecular complexity index is 890. The number of amides is 3. The fourth-order valence-electron chi connectivity index (χ4n) is 5.16. The van der Waals surface area contributed by atoms with Crippen molar-refractivity contribution in [1.29, 1.82) is 0 Å². The number of benzene rings is 1. The number of imide groups is 1. The molecule has 3 atom stereocenters. The molecule has 0 radical (unpaired) electrons. The van der Waals surface area contributed by atoms with Crippen molar-refractivity contribution in [3.63, 3.8) is 0 Å². The van der Waals surface area contributed by atoms with Gasteiger partial charge in [-0.2, -0.15) is 0 Å². The predicted molar refractivity (Wildman–Crippen MR) is 129 cm³/mol. The van der Waals surface area contributed by atoms with E-state index < -0.39 is 6.04 Å². The molecule has 6 nitrogen and oxygen atoms in total. The van der Waals surface area contributed by atoms with Gasteiger partial charge in [-0.25, -0.2) is 0 Å². The van der Waals surface area contributed by atoms with Crippen LogP contribution in [0.3, 0.4) is 0 Å². The molecule has 1 aromatic carbocycles. The molecule has 2 fully saturated rings. The van der Waals surface area contributed by atoms with Gasteiger partial charge in [0.25, 0.3) is 0 Å². The Labute approximate surface area is 196 Å². The third-order valence-corrected chi connectivity index (χ3v) is 6.99. The summed E-state index contributed by atoms with van der Waals surface area (Å²) < 4.78 is 0. The van der Waals surface area contributed by atoms with Crippen LogP contribution in [0.2, 0.25) is 0 Å². The molecule has 0 saturated carbocycles. The molecule has 0 bridgehead atoms. The summed E-state index contributed by atoms with van der Waals surface area (Å²) in [6, 6.07) is 9.54. The maximum Gasteiger partial charge on any atom is 0.245 e. The molecule has 2 aliphatic heterocycles. The van der Waals surface area contributed by atoms with Gasteiger partial charge in [0.1, 0.15) is 6.04 Å². The number of hydrogen-bond acceptors (Lipinski definition) is 4. The van der Waals surface area contributed by atoms with Gasteiger partial charge in [-0.3, -0.25) is 24.2 Å². The van der Waals surface area contributed by atoms with Crippen LogP contribution in [0, 0.1) is 17.8 Å². The van der Waals surface area contributed by atoms with Crippen molar-refractivity contribution in [3.05, 3.63) is 54.1 Å².